The standard InChI is InChI=1S/C12H20N2O2S/c1-11-5-7-12(8-6-11)14(3)17(15,16)10-4-9-13-2/h5-8,13H,4,9-10H2,1-3H3. The zero-order valence-electron chi connectivity index (χ0n) is 10.6. The van der Waals surface area contributed by atoms with Gasteiger partial charge in [0.25, 0.3) is 0 Å². The number of hydrogen-bond donors (Lipinski definition) is 1. The first kappa shape index (κ1) is 14.0. The van der Waals surface area contributed by atoms with Crippen molar-refractivity contribution in [2.75, 3.05) is 30.7 Å². The van der Waals surface area contributed by atoms with E-state index in [0.717, 1.165) is 5.56 Å². The van der Waals surface area contributed by atoms with Gasteiger partial charge in [0.15, 0.2) is 0 Å². The Balaban J connectivity index is 2.74. The van der Waals surface area contributed by atoms with Gasteiger partial charge in [0, 0.05) is 7.05 Å². The van der Waals surface area contributed by atoms with Crippen LogP contribution < -0.4 is 9.62 Å². The van der Waals surface area contributed by atoms with E-state index in [2.05, 4.69) is 5.32 Å². The number of anilines is 1. The maximum absolute atomic E-state index is 12.0. The quantitative estimate of drug-likeness (QED) is 0.782. The number of nitrogens with zero attached hydrogens (tertiary/aromatic N) is 1. The van der Waals surface area contributed by atoms with Gasteiger partial charge in [-0.05, 0) is 39.1 Å². The van der Waals surface area contributed by atoms with Crippen LogP contribution in [0.4, 0.5) is 5.69 Å². The molecule has 1 rings (SSSR count). The van der Waals surface area contributed by atoms with Crippen molar-refractivity contribution in [3.8, 4) is 0 Å². The fourth-order valence-electron chi connectivity index (χ4n) is 1.48. The minimum absolute atomic E-state index is 0.165. The molecule has 0 spiro atoms. The SMILES string of the molecule is CNCCCS(=O)(=O)N(C)c1ccc(C)cc1. The highest BCUT2D eigenvalue weighted by Gasteiger charge is 2.17. The molecule has 0 radical (unpaired) electrons. The van der Waals surface area contributed by atoms with E-state index in [4.69, 9.17) is 0 Å². The van der Waals surface area contributed by atoms with Crippen LogP contribution in [0.5, 0.6) is 0 Å². The molecule has 0 amide bonds. The largest absolute Gasteiger partial charge is 0.320 e. The van der Waals surface area contributed by atoms with Crippen LogP contribution in [-0.4, -0.2) is 34.8 Å². The zero-order chi connectivity index (χ0) is 12.9. The first-order valence-electron chi connectivity index (χ1n) is 5.65. The van der Waals surface area contributed by atoms with Crippen molar-refractivity contribution in [3.63, 3.8) is 0 Å². The molecule has 0 atom stereocenters. The highest BCUT2D eigenvalue weighted by atomic mass is 32.2. The van der Waals surface area contributed by atoms with E-state index in [-0.39, 0.29) is 5.75 Å². The van der Waals surface area contributed by atoms with Crippen LogP contribution in [0.25, 0.3) is 0 Å². The Morgan fingerprint density at radius 2 is 1.82 bits per heavy atom. The molecule has 1 N–H and O–H groups in total. The van der Waals surface area contributed by atoms with Crippen LogP contribution in [0.15, 0.2) is 24.3 Å². The first-order chi connectivity index (χ1) is 7.97. The van der Waals surface area contributed by atoms with Gasteiger partial charge in [-0.2, -0.15) is 0 Å². The zero-order valence-corrected chi connectivity index (χ0v) is 11.4. The summed E-state index contributed by atoms with van der Waals surface area (Å²) in [6.45, 7) is 2.69. The molecule has 0 unspecified atom stereocenters. The molecule has 5 heteroatoms. The van der Waals surface area contributed by atoms with E-state index < -0.39 is 10.0 Å². The number of aryl methyl sites for hydroxylation is 1. The molecular formula is C12H20N2O2S. The molecule has 0 saturated carbocycles. The van der Waals surface area contributed by atoms with Crippen molar-refractivity contribution in [2.45, 2.75) is 13.3 Å². The summed E-state index contributed by atoms with van der Waals surface area (Å²) in [7, 11) is 0.207. The molecule has 0 heterocycles. The molecular weight excluding hydrogens is 236 g/mol. The highest BCUT2D eigenvalue weighted by Crippen LogP contribution is 2.17. The Morgan fingerprint density at radius 3 is 2.35 bits per heavy atom. The molecule has 1 aromatic carbocycles. The van der Waals surface area contributed by atoms with E-state index in [1.54, 1.807) is 7.05 Å². The third kappa shape index (κ3) is 4.02. The van der Waals surface area contributed by atoms with Crippen molar-refractivity contribution >= 4 is 15.7 Å². The van der Waals surface area contributed by atoms with Crippen molar-refractivity contribution in [2.24, 2.45) is 0 Å². The van der Waals surface area contributed by atoms with Gasteiger partial charge in [0.2, 0.25) is 10.0 Å². The summed E-state index contributed by atoms with van der Waals surface area (Å²) in [4.78, 5) is 0. The average molecular weight is 256 g/mol. The highest BCUT2D eigenvalue weighted by molar-refractivity contribution is 7.92. The molecule has 0 saturated heterocycles. The van der Waals surface area contributed by atoms with Crippen molar-refractivity contribution in [1.82, 2.24) is 5.32 Å². The minimum Gasteiger partial charge on any atom is -0.320 e. The fourth-order valence-corrected chi connectivity index (χ4v) is 2.71. The molecule has 0 fully saturated rings. The van der Waals surface area contributed by atoms with Gasteiger partial charge in [-0.15, -0.1) is 0 Å². The van der Waals surface area contributed by atoms with Gasteiger partial charge in [-0.1, -0.05) is 17.7 Å². The molecule has 1 aromatic rings. The number of nitrogens with one attached hydrogen (secondary N) is 1. The number of hydrogen-bond acceptors (Lipinski definition) is 3. The van der Waals surface area contributed by atoms with Crippen LogP contribution in [0, 0.1) is 6.92 Å². The molecule has 0 aliphatic rings. The molecule has 0 bridgehead atoms. The second-order valence-corrected chi connectivity index (χ2v) is 6.20. The van der Waals surface area contributed by atoms with Gasteiger partial charge in [0.05, 0.1) is 11.4 Å². The summed E-state index contributed by atoms with van der Waals surface area (Å²) in [6.07, 6.45) is 0.620. The number of benzene rings is 1. The topological polar surface area (TPSA) is 49.4 Å². The van der Waals surface area contributed by atoms with Gasteiger partial charge < -0.3 is 5.32 Å². The Hall–Kier alpha value is -1.07. The van der Waals surface area contributed by atoms with Gasteiger partial charge >= 0.3 is 0 Å². The Labute approximate surface area is 104 Å². The lowest BCUT2D eigenvalue weighted by atomic mass is 10.2. The van der Waals surface area contributed by atoms with Crippen molar-refractivity contribution in [3.05, 3.63) is 29.8 Å². The van der Waals surface area contributed by atoms with Gasteiger partial charge in [-0.25, -0.2) is 8.42 Å². The predicted molar refractivity (Wildman–Crippen MR) is 71.9 cm³/mol. The van der Waals surface area contributed by atoms with Crippen molar-refractivity contribution < 1.29 is 8.42 Å². The lowest BCUT2D eigenvalue weighted by Gasteiger charge is -2.19. The lowest BCUT2D eigenvalue weighted by Crippen LogP contribution is -2.30. The lowest BCUT2D eigenvalue weighted by molar-refractivity contribution is 0.590. The van der Waals surface area contributed by atoms with E-state index in [1.165, 1.54) is 4.31 Å². The van der Waals surface area contributed by atoms with Crippen LogP contribution in [0.1, 0.15) is 12.0 Å². The molecule has 0 aromatic heterocycles. The Kier molecular flexibility index (Phi) is 4.96. The monoisotopic (exact) mass is 256 g/mol. The summed E-state index contributed by atoms with van der Waals surface area (Å²) in [6, 6.07) is 7.47. The van der Waals surface area contributed by atoms with E-state index in [1.807, 2.05) is 38.2 Å². The maximum Gasteiger partial charge on any atom is 0.234 e. The van der Waals surface area contributed by atoms with Gasteiger partial charge in [-0.3, -0.25) is 4.31 Å². The number of sulfonamides is 1. The minimum atomic E-state index is -3.21. The average Bonchev–Trinajstić information content (AvgIpc) is 2.29. The van der Waals surface area contributed by atoms with Crippen LogP contribution in [-0.2, 0) is 10.0 Å². The number of rotatable bonds is 6. The third-order valence-corrected chi connectivity index (χ3v) is 4.49. The predicted octanol–water partition coefficient (Wildman–Crippen LogP) is 1.37. The van der Waals surface area contributed by atoms with Crippen LogP contribution in [0.3, 0.4) is 0 Å². The summed E-state index contributed by atoms with van der Waals surface area (Å²) < 4.78 is 25.3. The summed E-state index contributed by atoms with van der Waals surface area (Å²) >= 11 is 0. The van der Waals surface area contributed by atoms with E-state index in [0.29, 0.717) is 18.7 Å². The molecule has 0 aliphatic heterocycles. The second kappa shape index (κ2) is 6.02. The fraction of sp³-hybridized carbons (Fsp3) is 0.500. The summed E-state index contributed by atoms with van der Waals surface area (Å²) in [5, 5.41) is 2.94. The molecule has 0 aliphatic carbocycles. The van der Waals surface area contributed by atoms with Crippen LogP contribution >= 0.6 is 0 Å². The molecule has 4 nitrogen and oxygen atoms in total. The third-order valence-electron chi connectivity index (χ3n) is 2.64. The Morgan fingerprint density at radius 1 is 1.24 bits per heavy atom. The second-order valence-electron chi connectivity index (χ2n) is 4.08. The summed E-state index contributed by atoms with van der Waals surface area (Å²) in [5.41, 5.74) is 1.83. The van der Waals surface area contributed by atoms with E-state index >= 15 is 0 Å². The van der Waals surface area contributed by atoms with Crippen LogP contribution in [0.2, 0.25) is 0 Å². The Bertz CT molecular complexity index is 440. The molecule has 96 valence electrons. The van der Waals surface area contributed by atoms with Gasteiger partial charge in [0.1, 0.15) is 0 Å². The van der Waals surface area contributed by atoms with E-state index in [9.17, 15) is 8.42 Å². The summed E-state index contributed by atoms with van der Waals surface area (Å²) in [5.74, 6) is 0.165. The van der Waals surface area contributed by atoms with Crippen molar-refractivity contribution in [1.29, 1.82) is 0 Å². The molecule has 17 heavy (non-hydrogen) atoms. The smallest absolute Gasteiger partial charge is 0.234 e. The normalized spacial score (nSPS) is 11.5. The maximum atomic E-state index is 12.0. The first-order valence-corrected chi connectivity index (χ1v) is 7.26.